The van der Waals surface area contributed by atoms with Crippen LogP contribution >= 0.6 is 0 Å². The van der Waals surface area contributed by atoms with Crippen LogP contribution in [0.25, 0.3) is 0 Å². The quantitative estimate of drug-likeness (QED) is 0.822. The molecule has 0 fully saturated rings. The SMILES string of the molecule is CCc1ccc(S(=O)(=O)N(CC)Cc2cnn(C)c2)cc1. The zero-order chi connectivity index (χ0) is 15.5. The van der Waals surface area contributed by atoms with Gasteiger partial charge in [0.25, 0.3) is 0 Å². The van der Waals surface area contributed by atoms with Crippen molar-refractivity contribution < 1.29 is 8.42 Å². The van der Waals surface area contributed by atoms with E-state index in [0.29, 0.717) is 18.0 Å². The maximum absolute atomic E-state index is 12.7. The molecule has 0 aliphatic carbocycles. The molecular weight excluding hydrogens is 286 g/mol. The van der Waals surface area contributed by atoms with Gasteiger partial charge in [-0.2, -0.15) is 9.40 Å². The molecule has 1 aromatic heterocycles. The third-order valence-corrected chi connectivity index (χ3v) is 5.37. The van der Waals surface area contributed by atoms with E-state index >= 15 is 0 Å². The fourth-order valence-corrected chi connectivity index (χ4v) is 3.61. The minimum Gasteiger partial charge on any atom is -0.275 e. The second kappa shape index (κ2) is 6.41. The van der Waals surface area contributed by atoms with Crippen LogP contribution < -0.4 is 0 Å². The van der Waals surface area contributed by atoms with Crippen molar-refractivity contribution in [1.29, 1.82) is 0 Å². The van der Waals surface area contributed by atoms with E-state index in [1.807, 2.05) is 39.2 Å². The molecule has 0 atom stereocenters. The van der Waals surface area contributed by atoms with Crippen LogP contribution in [0.2, 0.25) is 0 Å². The Morgan fingerprint density at radius 3 is 2.29 bits per heavy atom. The van der Waals surface area contributed by atoms with Crippen molar-refractivity contribution in [3.8, 4) is 0 Å². The Labute approximate surface area is 126 Å². The van der Waals surface area contributed by atoms with E-state index in [0.717, 1.165) is 17.5 Å². The second-order valence-corrected chi connectivity index (χ2v) is 6.89. The molecule has 0 radical (unpaired) electrons. The fraction of sp³-hybridized carbons (Fsp3) is 0.400. The first-order valence-electron chi connectivity index (χ1n) is 7.04. The van der Waals surface area contributed by atoms with Crippen molar-refractivity contribution in [1.82, 2.24) is 14.1 Å². The maximum atomic E-state index is 12.7. The highest BCUT2D eigenvalue weighted by atomic mass is 32.2. The minimum atomic E-state index is -3.47. The van der Waals surface area contributed by atoms with Gasteiger partial charge in [0.1, 0.15) is 0 Å². The molecule has 114 valence electrons. The summed E-state index contributed by atoms with van der Waals surface area (Å²) >= 11 is 0. The predicted octanol–water partition coefficient (Wildman–Crippen LogP) is 2.19. The van der Waals surface area contributed by atoms with Gasteiger partial charge in [-0.05, 0) is 24.1 Å². The lowest BCUT2D eigenvalue weighted by atomic mass is 10.2. The van der Waals surface area contributed by atoms with Crippen molar-refractivity contribution in [2.75, 3.05) is 6.54 Å². The van der Waals surface area contributed by atoms with Crippen LogP contribution in [0.15, 0.2) is 41.6 Å². The molecule has 1 heterocycles. The van der Waals surface area contributed by atoms with Gasteiger partial charge in [-0.25, -0.2) is 8.42 Å². The zero-order valence-electron chi connectivity index (χ0n) is 12.7. The zero-order valence-corrected chi connectivity index (χ0v) is 13.5. The standard InChI is InChI=1S/C15H21N3O2S/c1-4-13-6-8-15(9-7-13)21(19,20)18(5-2)12-14-10-16-17(3)11-14/h6-11H,4-5,12H2,1-3H3. The number of aromatic nitrogens is 2. The Morgan fingerprint density at radius 2 is 1.81 bits per heavy atom. The summed E-state index contributed by atoms with van der Waals surface area (Å²) in [6, 6.07) is 7.09. The molecule has 0 aliphatic rings. The van der Waals surface area contributed by atoms with Crippen molar-refractivity contribution in [2.45, 2.75) is 31.7 Å². The van der Waals surface area contributed by atoms with Crippen LogP contribution in [0.5, 0.6) is 0 Å². The number of sulfonamides is 1. The summed E-state index contributed by atoms with van der Waals surface area (Å²) in [7, 11) is -1.65. The Balaban J connectivity index is 2.25. The highest BCUT2D eigenvalue weighted by molar-refractivity contribution is 7.89. The van der Waals surface area contributed by atoms with E-state index in [1.54, 1.807) is 23.0 Å². The molecule has 0 amide bonds. The third kappa shape index (κ3) is 3.51. The smallest absolute Gasteiger partial charge is 0.243 e. The maximum Gasteiger partial charge on any atom is 0.243 e. The van der Waals surface area contributed by atoms with Gasteiger partial charge in [-0.3, -0.25) is 4.68 Å². The number of nitrogens with zero attached hydrogens (tertiary/aromatic N) is 3. The van der Waals surface area contributed by atoms with Gasteiger partial charge in [0.2, 0.25) is 10.0 Å². The summed E-state index contributed by atoms with van der Waals surface area (Å²) in [5.74, 6) is 0. The molecule has 2 aromatic rings. The van der Waals surface area contributed by atoms with Crippen LogP contribution in [0, 0.1) is 0 Å². The lowest BCUT2D eigenvalue weighted by Crippen LogP contribution is -2.30. The Hall–Kier alpha value is -1.66. The van der Waals surface area contributed by atoms with Crippen LogP contribution in [0.1, 0.15) is 25.0 Å². The first-order chi connectivity index (χ1) is 9.97. The van der Waals surface area contributed by atoms with Gasteiger partial charge < -0.3 is 0 Å². The number of aryl methyl sites for hydroxylation is 2. The average molecular weight is 307 g/mol. The number of rotatable bonds is 6. The molecule has 2 rings (SSSR count). The molecule has 0 saturated carbocycles. The van der Waals surface area contributed by atoms with E-state index in [2.05, 4.69) is 5.10 Å². The summed E-state index contributed by atoms with van der Waals surface area (Å²) in [5.41, 5.74) is 2.01. The largest absolute Gasteiger partial charge is 0.275 e. The van der Waals surface area contributed by atoms with Gasteiger partial charge in [0, 0.05) is 31.9 Å². The van der Waals surface area contributed by atoms with Gasteiger partial charge in [0.05, 0.1) is 11.1 Å². The van der Waals surface area contributed by atoms with Gasteiger partial charge in [-0.1, -0.05) is 26.0 Å². The average Bonchev–Trinajstić information content (AvgIpc) is 2.90. The molecule has 0 bridgehead atoms. The molecule has 0 N–H and O–H groups in total. The van der Waals surface area contributed by atoms with Crippen molar-refractivity contribution in [2.24, 2.45) is 7.05 Å². The second-order valence-electron chi connectivity index (χ2n) is 4.95. The van der Waals surface area contributed by atoms with Gasteiger partial charge in [0.15, 0.2) is 0 Å². The molecule has 6 heteroatoms. The number of hydrogen-bond acceptors (Lipinski definition) is 3. The van der Waals surface area contributed by atoms with Crippen molar-refractivity contribution >= 4 is 10.0 Å². The van der Waals surface area contributed by atoms with Crippen molar-refractivity contribution in [3.05, 3.63) is 47.8 Å². The molecule has 1 aromatic carbocycles. The van der Waals surface area contributed by atoms with E-state index < -0.39 is 10.0 Å². The number of hydrogen-bond donors (Lipinski definition) is 0. The Morgan fingerprint density at radius 1 is 1.14 bits per heavy atom. The third-order valence-electron chi connectivity index (χ3n) is 3.44. The Kier molecular flexibility index (Phi) is 4.80. The van der Waals surface area contributed by atoms with E-state index in [1.165, 1.54) is 4.31 Å². The van der Waals surface area contributed by atoms with Crippen LogP contribution in [-0.4, -0.2) is 29.0 Å². The van der Waals surface area contributed by atoms with Crippen LogP contribution in [0.3, 0.4) is 0 Å². The monoisotopic (exact) mass is 307 g/mol. The van der Waals surface area contributed by atoms with Gasteiger partial charge in [-0.15, -0.1) is 0 Å². The topological polar surface area (TPSA) is 55.2 Å². The Bertz CT molecular complexity index is 690. The molecule has 21 heavy (non-hydrogen) atoms. The summed E-state index contributed by atoms with van der Waals surface area (Å²) in [4.78, 5) is 0.338. The van der Waals surface area contributed by atoms with Crippen molar-refractivity contribution in [3.63, 3.8) is 0 Å². The summed E-state index contributed by atoms with van der Waals surface area (Å²) in [6.45, 7) is 4.65. The highest BCUT2D eigenvalue weighted by Gasteiger charge is 2.23. The molecule has 0 spiro atoms. The molecular formula is C15H21N3O2S. The lowest BCUT2D eigenvalue weighted by molar-refractivity contribution is 0.423. The molecule has 0 saturated heterocycles. The first-order valence-corrected chi connectivity index (χ1v) is 8.48. The summed E-state index contributed by atoms with van der Waals surface area (Å²) in [6.07, 6.45) is 4.42. The van der Waals surface area contributed by atoms with E-state index in [9.17, 15) is 8.42 Å². The predicted molar refractivity (Wildman–Crippen MR) is 82.3 cm³/mol. The molecule has 0 unspecified atom stereocenters. The normalized spacial score (nSPS) is 12.0. The molecule has 5 nitrogen and oxygen atoms in total. The minimum absolute atomic E-state index is 0.336. The summed E-state index contributed by atoms with van der Waals surface area (Å²) < 4.78 is 28.5. The van der Waals surface area contributed by atoms with E-state index in [4.69, 9.17) is 0 Å². The van der Waals surface area contributed by atoms with Gasteiger partial charge >= 0.3 is 0 Å². The highest BCUT2D eigenvalue weighted by Crippen LogP contribution is 2.18. The lowest BCUT2D eigenvalue weighted by Gasteiger charge is -2.20. The fourth-order valence-electron chi connectivity index (χ4n) is 2.17. The summed E-state index contributed by atoms with van der Waals surface area (Å²) in [5, 5.41) is 4.08. The van der Waals surface area contributed by atoms with Crippen LogP contribution in [-0.2, 0) is 30.0 Å². The van der Waals surface area contributed by atoms with E-state index in [-0.39, 0.29) is 0 Å². The number of benzene rings is 1. The molecule has 0 aliphatic heterocycles. The first kappa shape index (κ1) is 15.7. The van der Waals surface area contributed by atoms with Crippen LogP contribution in [0.4, 0.5) is 0 Å².